The fourth-order valence-electron chi connectivity index (χ4n) is 2.10. The molecule has 0 radical (unpaired) electrons. The van der Waals surface area contributed by atoms with Gasteiger partial charge in [-0.15, -0.1) is 0 Å². The van der Waals surface area contributed by atoms with E-state index in [1.807, 2.05) is 51.1 Å². The number of ether oxygens (including phenoxy) is 1. The maximum Gasteiger partial charge on any atom is 0.265 e. The highest BCUT2D eigenvalue weighted by atomic mass is 16.5. The van der Waals surface area contributed by atoms with Crippen LogP contribution in [0.1, 0.15) is 23.6 Å². The number of anilines is 2. The lowest BCUT2D eigenvalue weighted by Crippen LogP contribution is -2.30. The molecule has 1 atom stereocenters. The predicted molar refractivity (Wildman–Crippen MR) is 90.2 cm³/mol. The number of hydrogen-bond acceptors (Lipinski definition) is 3. The van der Waals surface area contributed by atoms with Crippen LogP contribution in [0.15, 0.2) is 36.4 Å². The Kier molecular flexibility index (Phi) is 4.71. The molecule has 3 N–H and O–H groups in total. The van der Waals surface area contributed by atoms with Gasteiger partial charge in [0.2, 0.25) is 0 Å². The molecule has 4 heteroatoms. The van der Waals surface area contributed by atoms with Gasteiger partial charge in [0.15, 0.2) is 6.10 Å². The van der Waals surface area contributed by atoms with Crippen molar-refractivity contribution in [3.63, 3.8) is 0 Å². The summed E-state index contributed by atoms with van der Waals surface area (Å²) in [5.41, 5.74) is 10.2. The van der Waals surface area contributed by atoms with Crippen molar-refractivity contribution in [2.75, 3.05) is 11.1 Å². The van der Waals surface area contributed by atoms with Crippen LogP contribution in [0.2, 0.25) is 0 Å². The monoisotopic (exact) mass is 298 g/mol. The van der Waals surface area contributed by atoms with E-state index in [-0.39, 0.29) is 5.91 Å². The average molecular weight is 298 g/mol. The summed E-state index contributed by atoms with van der Waals surface area (Å²) in [6, 6.07) is 11.4. The zero-order valence-electron chi connectivity index (χ0n) is 13.4. The Labute approximate surface area is 131 Å². The van der Waals surface area contributed by atoms with Gasteiger partial charge >= 0.3 is 0 Å². The number of aryl methyl sites for hydroxylation is 2. The van der Waals surface area contributed by atoms with Gasteiger partial charge < -0.3 is 15.8 Å². The van der Waals surface area contributed by atoms with Crippen molar-refractivity contribution in [3.8, 4) is 5.75 Å². The molecule has 0 aromatic heterocycles. The fraction of sp³-hybridized carbons (Fsp3) is 0.278. The molecule has 2 aromatic carbocycles. The smallest absolute Gasteiger partial charge is 0.265 e. The third-order valence-corrected chi connectivity index (χ3v) is 3.65. The van der Waals surface area contributed by atoms with E-state index in [0.717, 1.165) is 22.4 Å². The number of carbonyl (C=O) groups is 1. The minimum atomic E-state index is -0.596. The van der Waals surface area contributed by atoms with Gasteiger partial charge in [-0.05, 0) is 62.6 Å². The van der Waals surface area contributed by atoms with E-state index in [9.17, 15) is 4.79 Å². The van der Waals surface area contributed by atoms with Crippen molar-refractivity contribution in [1.82, 2.24) is 0 Å². The zero-order valence-corrected chi connectivity index (χ0v) is 13.4. The van der Waals surface area contributed by atoms with Crippen molar-refractivity contribution in [3.05, 3.63) is 53.1 Å². The Balaban J connectivity index is 2.09. The molecule has 0 saturated carbocycles. The van der Waals surface area contributed by atoms with Crippen LogP contribution in [0, 0.1) is 20.8 Å². The van der Waals surface area contributed by atoms with E-state index < -0.39 is 6.10 Å². The van der Waals surface area contributed by atoms with Crippen LogP contribution in [0.4, 0.5) is 11.4 Å². The number of amides is 1. The molecule has 2 aromatic rings. The highest BCUT2D eigenvalue weighted by Gasteiger charge is 2.17. The topological polar surface area (TPSA) is 64.3 Å². The lowest BCUT2D eigenvalue weighted by atomic mass is 10.1. The summed E-state index contributed by atoms with van der Waals surface area (Å²) in [6.45, 7) is 7.56. The van der Waals surface area contributed by atoms with Crippen LogP contribution in [-0.2, 0) is 4.79 Å². The minimum Gasteiger partial charge on any atom is -0.481 e. The van der Waals surface area contributed by atoms with Crippen molar-refractivity contribution in [1.29, 1.82) is 0 Å². The van der Waals surface area contributed by atoms with Crippen molar-refractivity contribution in [2.45, 2.75) is 33.8 Å². The van der Waals surface area contributed by atoms with Gasteiger partial charge in [0.05, 0.1) is 0 Å². The second-order valence-corrected chi connectivity index (χ2v) is 5.54. The summed E-state index contributed by atoms with van der Waals surface area (Å²) < 4.78 is 5.79. The Morgan fingerprint density at radius 1 is 1.18 bits per heavy atom. The van der Waals surface area contributed by atoms with Gasteiger partial charge in [-0.3, -0.25) is 4.79 Å². The van der Waals surface area contributed by atoms with E-state index in [1.165, 1.54) is 0 Å². The number of nitrogens with one attached hydrogen (secondary N) is 1. The van der Waals surface area contributed by atoms with Gasteiger partial charge in [-0.2, -0.15) is 0 Å². The largest absolute Gasteiger partial charge is 0.481 e. The SMILES string of the molecule is Cc1ccc(C)c(OC(C)C(=O)Nc2cccc(N)c2C)c1. The van der Waals surface area contributed by atoms with E-state index in [0.29, 0.717) is 11.4 Å². The second kappa shape index (κ2) is 6.52. The third-order valence-electron chi connectivity index (χ3n) is 3.65. The third kappa shape index (κ3) is 3.58. The Morgan fingerprint density at radius 2 is 1.91 bits per heavy atom. The number of hydrogen-bond donors (Lipinski definition) is 2. The van der Waals surface area contributed by atoms with Crippen LogP contribution in [-0.4, -0.2) is 12.0 Å². The van der Waals surface area contributed by atoms with Crippen LogP contribution >= 0.6 is 0 Å². The molecular formula is C18H22N2O2. The number of nitrogen functional groups attached to an aromatic ring is 1. The summed E-state index contributed by atoms with van der Waals surface area (Å²) >= 11 is 0. The first-order valence-electron chi connectivity index (χ1n) is 7.28. The molecular weight excluding hydrogens is 276 g/mol. The van der Waals surface area contributed by atoms with E-state index in [2.05, 4.69) is 5.32 Å². The van der Waals surface area contributed by atoms with Crippen LogP contribution in [0.3, 0.4) is 0 Å². The zero-order chi connectivity index (χ0) is 16.3. The van der Waals surface area contributed by atoms with Crippen molar-refractivity contribution in [2.24, 2.45) is 0 Å². The molecule has 22 heavy (non-hydrogen) atoms. The lowest BCUT2D eigenvalue weighted by Gasteiger charge is -2.18. The molecule has 0 heterocycles. The molecule has 1 unspecified atom stereocenters. The van der Waals surface area contributed by atoms with Gasteiger partial charge in [0.1, 0.15) is 5.75 Å². The van der Waals surface area contributed by atoms with Crippen LogP contribution in [0.25, 0.3) is 0 Å². The standard InChI is InChI=1S/C18H22N2O2/c1-11-8-9-12(2)17(10-11)22-14(4)18(21)20-16-7-5-6-15(19)13(16)3/h5-10,14H,19H2,1-4H3,(H,20,21). The number of carbonyl (C=O) groups excluding carboxylic acids is 1. The summed E-state index contributed by atoms with van der Waals surface area (Å²) in [5.74, 6) is 0.529. The quantitative estimate of drug-likeness (QED) is 0.848. The normalized spacial score (nSPS) is 11.8. The molecule has 0 fully saturated rings. The first-order chi connectivity index (χ1) is 10.4. The van der Waals surface area contributed by atoms with Gasteiger partial charge in [0.25, 0.3) is 5.91 Å². The predicted octanol–water partition coefficient (Wildman–Crippen LogP) is 3.60. The second-order valence-electron chi connectivity index (χ2n) is 5.54. The Hall–Kier alpha value is -2.49. The maximum atomic E-state index is 12.3. The number of rotatable bonds is 4. The van der Waals surface area contributed by atoms with Crippen molar-refractivity contribution < 1.29 is 9.53 Å². The van der Waals surface area contributed by atoms with Crippen molar-refractivity contribution >= 4 is 17.3 Å². The van der Waals surface area contributed by atoms with Gasteiger partial charge in [-0.25, -0.2) is 0 Å². The van der Waals surface area contributed by atoms with E-state index in [4.69, 9.17) is 10.5 Å². The summed E-state index contributed by atoms with van der Waals surface area (Å²) in [5, 5.41) is 2.86. The Bertz CT molecular complexity index is 695. The minimum absolute atomic E-state index is 0.199. The number of nitrogens with two attached hydrogens (primary N) is 1. The number of benzene rings is 2. The summed E-state index contributed by atoms with van der Waals surface area (Å²) in [6.07, 6.45) is -0.596. The molecule has 4 nitrogen and oxygen atoms in total. The van der Waals surface area contributed by atoms with Crippen LogP contribution < -0.4 is 15.8 Å². The molecule has 0 bridgehead atoms. The molecule has 0 aliphatic rings. The molecule has 1 amide bonds. The summed E-state index contributed by atoms with van der Waals surface area (Å²) in [7, 11) is 0. The molecule has 116 valence electrons. The highest BCUT2D eigenvalue weighted by molar-refractivity contribution is 5.95. The molecule has 0 saturated heterocycles. The van der Waals surface area contributed by atoms with E-state index in [1.54, 1.807) is 13.0 Å². The van der Waals surface area contributed by atoms with E-state index >= 15 is 0 Å². The molecule has 0 spiro atoms. The highest BCUT2D eigenvalue weighted by Crippen LogP contribution is 2.23. The van der Waals surface area contributed by atoms with Gasteiger partial charge in [0, 0.05) is 11.4 Å². The summed E-state index contributed by atoms with van der Waals surface area (Å²) in [4.78, 5) is 12.3. The molecule has 0 aliphatic carbocycles. The first kappa shape index (κ1) is 15.9. The first-order valence-corrected chi connectivity index (χ1v) is 7.28. The maximum absolute atomic E-state index is 12.3. The Morgan fingerprint density at radius 3 is 2.64 bits per heavy atom. The molecule has 0 aliphatic heterocycles. The fourth-order valence-corrected chi connectivity index (χ4v) is 2.10. The average Bonchev–Trinajstić information content (AvgIpc) is 2.47. The lowest BCUT2D eigenvalue weighted by molar-refractivity contribution is -0.122. The van der Waals surface area contributed by atoms with Crippen LogP contribution in [0.5, 0.6) is 5.75 Å². The van der Waals surface area contributed by atoms with Gasteiger partial charge in [-0.1, -0.05) is 18.2 Å². The molecule has 2 rings (SSSR count).